The SMILES string of the molecule is Cc1nc(C=C(Cl)C2C[C@@H]3OC3(C)CCC[C@H](C)[C@H](O)[C@@H](C)C(=O)C(C)(C)[C@@H](O)CC(=O)O2)co1. The largest absolute Gasteiger partial charge is 0.456 e. The number of halogens is 1. The number of carbonyl (C=O) groups excluding carboxylic acids is 2. The molecule has 0 amide bonds. The normalized spacial score (nSPS) is 37.5. The number of hydrogen-bond acceptors (Lipinski definition) is 8. The van der Waals surface area contributed by atoms with Crippen LogP contribution in [0.15, 0.2) is 15.7 Å². The molecule has 2 unspecified atom stereocenters. The Labute approximate surface area is 212 Å². The van der Waals surface area contributed by atoms with Crippen molar-refractivity contribution in [3.63, 3.8) is 0 Å². The minimum Gasteiger partial charge on any atom is -0.456 e. The van der Waals surface area contributed by atoms with E-state index in [1.54, 1.807) is 33.8 Å². The van der Waals surface area contributed by atoms with E-state index in [2.05, 4.69) is 4.98 Å². The predicted octanol–water partition coefficient (Wildman–Crippen LogP) is 4.19. The van der Waals surface area contributed by atoms with Gasteiger partial charge in [-0.15, -0.1) is 0 Å². The predicted molar refractivity (Wildman–Crippen MR) is 130 cm³/mol. The first kappa shape index (κ1) is 27.8. The summed E-state index contributed by atoms with van der Waals surface area (Å²) < 4.78 is 16.9. The van der Waals surface area contributed by atoms with Gasteiger partial charge in [-0.25, -0.2) is 4.98 Å². The highest BCUT2D eigenvalue weighted by Gasteiger charge is 2.53. The number of cyclic esters (lactones) is 1. The highest BCUT2D eigenvalue weighted by atomic mass is 35.5. The van der Waals surface area contributed by atoms with Crippen molar-refractivity contribution in [2.24, 2.45) is 17.3 Å². The third-order valence-electron chi connectivity index (χ3n) is 7.64. The van der Waals surface area contributed by atoms with E-state index in [0.29, 0.717) is 18.0 Å². The molecule has 0 aromatic carbocycles. The summed E-state index contributed by atoms with van der Waals surface area (Å²) in [5.74, 6) is -1.27. The Kier molecular flexibility index (Phi) is 8.52. The molecule has 8 nitrogen and oxygen atoms in total. The van der Waals surface area contributed by atoms with Gasteiger partial charge in [-0.1, -0.05) is 45.7 Å². The van der Waals surface area contributed by atoms with Crippen molar-refractivity contribution in [3.8, 4) is 0 Å². The first-order chi connectivity index (χ1) is 16.2. The summed E-state index contributed by atoms with van der Waals surface area (Å²) in [7, 11) is 0. The van der Waals surface area contributed by atoms with Crippen molar-refractivity contribution < 1.29 is 33.7 Å². The first-order valence-corrected chi connectivity index (χ1v) is 12.7. The molecule has 3 heterocycles. The van der Waals surface area contributed by atoms with Gasteiger partial charge in [0.25, 0.3) is 0 Å². The van der Waals surface area contributed by atoms with E-state index in [1.807, 2.05) is 13.8 Å². The molecule has 2 N–H and O–H groups in total. The number of carbonyl (C=O) groups is 2. The van der Waals surface area contributed by atoms with E-state index < -0.39 is 35.6 Å². The number of Topliss-reactive ketones (excluding diaryl/α,β-unsaturated/α-hetero) is 1. The number of fused-ring (bicyclic) bond motifs is 1. The maximum atomic E-state index is 13.2. The van der Waals surface area contributed by atoms with Crippen molar-refractivity contribution in [1.82, 2.24) is 4.98 Å². The molecule has 2 saturated heterocycles. The highest BCUT2D eigenvalue weighted by molar-refractivity contribution is 6.32. The van der Waals surface area contributed by atoms with E-state index in [0.717, 1.165) is 19.3 Å². The van der Waals surface area contributed by atoms with Crippen molar-refractivity contribution in [2.45, 2.75) is 104 Å². The van der Waals surface area contributed by atoms with Gasteiger partial charge in [0.15, 0.2) is 5.89 Å². The molecular weight excluding hydrogens is 474 g/mol. The van der Waals surface area contributed by atoms with Crippen LogP contribution in [0.2, 0.25) is 0 Å². The minimum absolute atomic E-state index is 0.100. The van der Waals surface area contributed by atoms with Crippen molar-refractivity contribution in [1.29, 1.82) is 0 Å². The van der Waals surface area contributed by atoms with Gasteiger partial charge in [0, 0.05) is 19.3 Å². The summed E-state index contributed by atoms with van der Waals surface area (Å²) in [4.78, 5) is 30.2. The number of aryl methyl sites for hydroxylation is 1. The molecule has 3 rings (SSSR count). The van der Waals surface area contributed by atoms with Crippen LogP contribution in [0.5, 0.6) is 0 Å². The van der Waals surface area contributed by atoms with E-state index in [9.17, 15) is 19.8 Å². The van der Waals surface area contributed by atoms with Gasteiger partial charge in [0.2, 0.25) is 0 Å². The number of esters is 1. The molecule has 35 heavy (non-hydrogen) atoms. The smallest absolute Gasteiger partial charge is 0.309 e. The fourth-order valence-corrected chi connectivity index (χ4v) is 5.11. The quantitative estimate of drug-likeness (QED) is 0.447. The molecule has 2 aliphatic rings. The van der Waals surface area contributed by atoms with E-state index in [4.69, 9.17) is 25.5 Å². The molecule has 0 aliphatic carbocycles. The van der Waals surface area contributed by atoms with Crippen LogP contribution < -0.4 is 0 Å². The van der Waals surface area contributed by atoms with Gasteiger partial charge < -0.3 is 24.1 Å². The number of hydrogen-bond donors (Lipinski definition) is 2. The number of ether oxygens (including phenoxy) is 2. The number of epoxide rings is 1. The maximum Gasteiger partial charge on any atom is 0.309 e. The molecule has 2 fully saturated rings. The van der Waals surface area contributed by atoms with Gasteiger partial charge in [-0.05, 0) is 31.8 Å². The van der Waals surface area contributed by atoms with Crippen LogP contribution in [-0.2, 0) is 19.1 Å². The number of aliphatic hydroxyl groups is 2. The molecule has 0 spiro atoms. The first-order valence-electron chi connectivity index (χ1n) is 12.3. The second kappa shape index (κ2) is 10.7. The Morgan fingerprint density at radius 3 is 2.54 bits per heavy atom. The lowest BCUT2D eigenvalue weighted by Gasteiger charge is -2.34. The third-order valence-corrected chi connectivity index (χ3v) is 7.99. The van der Waals surface area contributed by atoms with E-state index >= 15 is 0 Å². The molecule has 7 atom stereocenters. The second-order valence-electron chi connectivity index (χ2n) is 10.9. The maximum absolute atomic E-state index is 13.2. The summed E-state index contributed by atoms with van der Waals surface area (Å²) >= 11 is 6.57. The van der Waals surface area contributed by atoms with E-state index in [-0.39, 0.29) is 34.9 Å². The van der Waals surface area contributed by atoms with E-state index in [1.165, 1.54) is 6.26 Å². The summed E-state index contributed by atoms with van der Waals surface area (Å²) in [5, 5.41) is 21.9. The minimum atomic E-state index is -1.29. The van der Waals surface area contributed by atoms with Crippen LogP contribution in [0, 0.1) is 24.2 Å². The number of aliphatic hydroxyl groups excluding tert-OH is 2. The van der Waals surface area contributed by atoms with Gasteiger partial charge >= 0.3 is 5.97 Å². The average Bonchev–Trinajstić information content (AvgIpc) is 3.22. The molecule has 196 valence electrons. The zero-order valence-corrected chi connectivity index (χ0v) is 22.2. The standard InChI is InChI=1S/C26H38ClNO7/c1-14-8-7-9-26(6)21(35-26)11-19(18(27)10-17-13-33-16(3)28-17)34-22(30)12-20(29)25(4,5)24(32)15(2)23(14)31/h10,13-15,19-21,23,29,31H,7-9,11-12H2,1-6H3/t14-,15+,19?,20-,21-,23-,26?/m0/s1. The molecule has 9 heteroatoms. The summed E-state index contributed by atoms with van der Waals surface area (Å²) in [6, 6.07) is 0. The van der Waals surface area contributed by atoms with Crippen molar-refractivity contribution >= 4 is 29.4 Å². The Morgan fingerprint density at radius 1 is 1.23 bits per heavy atom. The Bertz CT molecular complexity index is 957. The monoisotopic (exact) mass is 511 g/mol. The zero-order chi connectivity index (χ0) is 26.1. The molecule has 1 aromatic rings. The molecular formula is C26H38ClNO7. The Balaban J connectivity index is 1.85. The van der Waals surface area contributed by atoms with Crippen LogP contribution in [0.1, 0.15) is 78.3 Å². The van der Waals surface area contributed by atoms with Gasteiger partial charge in [0.1, 0.15) is 23.8 Å². The zero-order valence-electron chi connectivity index (χ0n) is 21.4. The highest BCUT2D eigenvalue weighted by Crippen LogP contribution is 2.45. The van der Waals surface area contributed by atoms with Crippen molar-refractivity contribution in [3.05, 3.63) is 22.9 Å². The number of ketones is 1. The fraction of sp³-hybridized carbons (Fsp3) is 0.731. The molecule has 0 saturated carbocycles. The van der Waals surface area contributed by atoms with Crippen LogP contribution in [0.25, 0.3) is 6.08 Å². The van der Waals surface area contributed by atoms with Crippen LogP contribution >= 0.6 is 11.6 Å². The molecule has 2 aliphatic heterocycles. The molecule has 1 aromatic heterocycles. The fourth-order valence-electron chi connectivity index (χ4n) is 4.86. The number of oxazole rings is 1. The van der Waals surface area contributed by atoms with Gasteiger partial charge in [-0.2, -0.15) is 0 Å². The van der Waals surface area contributed by atoms with Crippen LogP contribution in [0.4, 0.5) is 0 Å². The lowest BCUT2D eigenvalue weighted by molar-refractivity contribution is -0.154. The number of rotatable bonds is 2. The lowest BCUT2D eigenvalue weighted by atomic mass is 9.73. The topological polar surface area (TPSA) is 122 Å². The average molecular weight is 512 g/mol. The summed E-state index contributed by atoms with van der Waals surface area (Å²) in [5.41, 5.74) is -1.12. The summed E-state index contributed by atoms with van der Waals surface area (Å²) in [6.45, 7) is 10.5. The van der Waals surface area contributed by atoms with Gasteiger partial charge in [0.05, 0.1) is 40.8 Å². The van der Waals surface area contributed by atoms with Crippen molar-refractivity contribution in [2.75, 3.05) is 0 Å². The van der Waals surface area contributed by atoms with Gasteiger partial charge in [-0.3, -0.25) is 9.59 Å². The lowest BCUT2D eigenvalue weighted by Crippen LogP contribution is -2.45. The Morgan fingerprint density at radius 2 is 1.91 bits per heavy atom. The summed E-state index contributed by atoms with van der Waals surface area (Å²) in [6.07, 6.45) is 2.24. The van der Waals surface area contributed by atoms with Crippen LogP contribution in [0.3, 0.4) is 0 Å². The van der Waals surface area contributed by atoms with Crippen LogP contribution in [-0.4, -0.2) is 57.0 Å². The number of nitrogens with zero attached hydrogens (tertiary/aromatic N) is 1. The third kappa shape index (κ3) is 6.53. The Hall–Kier alpha value is -1.74. The number of aromatic nitrogens is 1. The molecule has 0 radical (unpaired) electrons. The molecule has 0 bridgehead atoms. The second-order valence-corrected chi connectivity index (χ2v) is 11.3.